The molecule has 0 radical (unpaired) electrons. The van der Waals surface area contributed by atoms with Crippen LogP contribution in [0, 0.1) is 0 Å². The van der Waals surface area contributed by atoms with Gasteiger partial charge in [0.1, 0.15) is 0 Å². The van der Waals surface area contributed by atoms with Crippen molar-refractivity contribution in [2.75, 3.05) is 19.6 Å². The fourth-order valence-electron chi connectivity index (χ4n) is 3.87. The molecule has 1 atom stereocenters. The number of aliphatic imine (C=N–C) groups is 1. The van der Waals surface area contributed by atoms with E-state index in [9.17, 15) is 4.79 Å². The highest BCUT2D eigenvalue weighted by Crippen LogP contribution is 2.32. The number of aromatic nitrogens is 2. The van der Waals surface area contributed by atoms with E-state index >= 15 is 0 Å². The van der Waals surface area contributed by atoms with Gasteiger partial charge < -0.3 is 9.80 Å². The molecule has 0 aliphatic carbocycles. The Morgan fingerprint density at radius 3 is 3.12 bits per heavy atom. The van der Waals surface area contributed by atoms with Crippen molar-refractivity contribution >= 4 is 22.8 Å². The van der Waals surface area contributed by atoms with E-state index in [4.69, 9.17) is 0 Å². The van der Waals surface area contributed by atoms with Crippen molar-refractivity contribution in [3.05, 3.63) is 29.6 Å². The lowest BCUT2D eigenvalue weighted by Crippen LogP contribution is -2.45. The molecule has 3 aliphatic heterocycles. The third-order valence-corrected chi connectivity index (χ3v) is 6.15. The van der Waals surface area contributed by atoms with Crippen molar-refractivity contribution in [1.82, 2.24) is 19.6 Å². The number of carbonyl (C=O) groups is 1. The Bertz CT molecular complexity index is 669. The van der Waals surface area contributed by atoms with E-state index in [0.717, 1.165) is 62.7 Å². The summed E-state index contributed by atoms with van der Waals surface area (Å²) in [4.78, 5) is 21.9. The molecule has 4 heterocycles. The average molecular weight is 359 g/mol. The van der Waals surface area contributed by atoms with Gasteiger partial charge in [0.15, 0.2) is 5.17 Å². The number of amides is 1. The Kier molecular flexibility index (Phi) is 5.10. The molecular weight excluding hydrogens is 334 g/mol. The van der Waals surface area contributed by atoms with Crippen LogP contribution in [0.3, 0.4) is 0 Å². The van der Waals surface area contributed by atoms with Crippen molar-refractivity contribution in [2.45, 2.75) is 51.1 Å². The average Bonchev–Trinajstić information content (AvgIpc) is 3.30. The highest BCUT2D eigenvalue weighted by atomic mass is 32.2. The summed E-state index contributed by atoms with van der Waals surface area (Å²) in [6, 6.07) is 2.29. The van der Waals surface area contributed by atoms with E-state index in [1.807, 2.05) is 23.1 Å². The van der Waals surface area contributed by atoms with Crippen LogP contribution in [0.15, 0.2) is 34.6 Å². The van der Waals surface area contributed by atoms with Gasteiger partial charge in [-0.2, -0.15) is 5.10 Å². The molecule has 1 aromatic heterocycles. The maximum absolute atomic E-state index is 13.0. The standard InChI is InChI=1S/C18H25N5OS/c24-17(13-16-14-25-18-19-7-3-11-23(16)18)22-10-2-1-5-15(22)6-12-21-9-4-8-20-21/h4,8-9,14-15H,1-3,5-7,10-13H2/t15-/m1/s1. The quantitative estimate of drug-likeness (QED) is 0.811. The number of amidine groups is 1. The summed E-state index contributed by atoms with van der Waals surface area (Å²) in [5, 5.41) is 7.47. The van der Waals surface area contributed by atoms with Crippen LogP contribution in [0.4, 0.5) is 0 Å². The zero-order valence-electron chi connectivity index (χ0n) is 14.5. The van der Waals surface area contributed by atoms with Gasteiger partial charge in [-0.3, -0.25) is 14.5 Å². The van der Waals surface area contributed by atoms with E-state index in [2.05, 4.69) is 25.3 Å². The summed E-state index contributed by atoms with van der Waals surface area (Å²) < 4.78 is 1.96. The number of thioether (sulfide) groups is 1. The highest BCUT2D eigenvalue weighted by molar-refractivity contribution is 8.16. The summed E-state index contributed by atoms with van der Waals surface area (Å²) in [7, 11) is 0. The van der Waals surface area contributed by atoms with Gasteiger partial charge in [-0.25, -0.2) is 0 Å². The van der Waals surface area contributed by atoms with Gasteiger partial charge in [0.2, 0.25) is 5.91 Å². The number of rotatable bonds is 5. The van der Waals surface area contributed by atoms with Crippen molar-refractivity contribution < 1.29 is 4.79 Å². The lowest BCUT2D eigenvalue weighted by atomic mass is 9.98. The Morgan fingerprint density at radius 1 is 1.28 bits per heavy atom. The zero-order chi connectivity index (χ0) is 17.1. The second-order valence-electron chi connectivity index (χ2n) is 6.87. The molecule has 0 unspecified atom stereocenters. The van der Waals surface area contributed by atoms with Crippen LogP contribution >= 0.6 is 11.8 Å². The lowest BCUT2D eigenvalue weighted by molar-refractivity contribution is -0.134. The number of aryl methyl sites for hydroxylation is 1. The molecule has 1 aromatic rings. The molecule has 0 bridgehead atoms. The Hall–Kier alpha value is -1.76. The van der Waals surface area contributed by atoms with Crippen LogP contribution < -0.4 is 0 Å². The van der Waals surface area contributed by atoms with Crippen LogP contribution in [-0.4, -0.2) is 56.3 Å². The first kappa shape index (κ1) is 16.7. The summed E-state index contributed by atoms with van der Waals surface area (Å²) >= 11 is 1.66. The number of fused-ring (bicyclic) bond motifs is 1. The number of hydrogen-bond donors (Lipinski definition) is 0. The van der Waals surface area contributed by atoms with E-state index in [0.29, 0.717) is 12.5 Å². The van der Waals surface area contributed by atoms with Gasteiger partial charge >= 0.3 is 0 Å². The van der Waals surface area contributed by atoms with Crippen LogP contribution in [0.25, 0.3) is 0 Å². The van der Waals surface area contributed by atoms with Crippen molar-refractivity contribution in [1.29, 1.82) is 0 Å². The van der Waals surface area contributed by atoms with Crippen molar-refractivity contribution in [3.8, 4) is 0 Å². The molecule has 6 nitrogen and oxygen atoms in total. The van der Waals surface area contributed by atoms with Crippen LogP contribution in [-0.2, 0) is 11.3 Å². The predicted octanol–water partition coefficient (Wildman–Crippen LogP) is 2.69. The molecule has 3 aliphatic rings. The fourth-order valence-corrected chi connectivity index (χ4v) is 4.83. The van der Waals surface area contributed by atoms with Crippen LogP contribution in [0.1, 0.15) is 38.5 Å². The predicted molar refractivity (Wildman–Crippen MR) is 100 cm³/mol. The zero-order valence-corrected chi connectivity index (χ0v) is 15.3. The molecule has 0 N–H and O–H groups in total. The first-order valence-corrected chi connectivity index (χ1v) is 10.1. The molecule has 0 spiro atoms. The summed E-state index contributed by atoms with van der Waals surface area (Å²) in [6.45, 7) is 3.68. The molecule has 1 fully saturated rings. The number of nitrogens with zero attached hydrogens (tertiary/aromatic N) is 5. The molecule has 0 saturated carbocycles. The monoisotopic (exact) mass is 359 g/mol. The molecule has 134 valence electrons. The number of likely N-dealkylation sites (tertiary alicyclic amines) is 1. The van der Waals surface area contributed by atoms with E-state index < -0.39 is 0 Å². The van der Waals surface area contributed by atoms with Gasteiger partial charge in [0.05, 0.1) is 6.42 Å². The molecule has 0 aromatic carbocycles. The number of carbonyl (C=O) groups excluding carboxylic acids is 1. The van der Waals surface area contributed by atoms with Crippen molar-refractivity contribution in [3.63, 3.8) is 0 Å². The maximum atomic E-state index is 13.0. The molecular formula is C18H25N5OS. The van der Waals surface area contributed by atoms with Crippen molar-refractivity contribution in [2.24, 2.45) is 4.99 Å². The van der Waals surface area contributed by atoms with Gasteiger partial charge in [-0.1, -0.05) is 11.8 Å². The van der Waals surface area contributed by atoms with E-state index in [1.54, 1.807) is 11.8 Å². The summed E-state index contributed by atoms with van der Waals surface area (Å²) in [6.07, 6.45) is 9.81. The Labute approximate surface area is 153 Å². The number of hydrogen-bond acceptors (Lipinski definition) is 5. The second kappa shape index (κ2) is 7.64. The second-order valence-corrected chi connectivity index (χ2v) is 7.70. The molecule has 1 amide bonds. The molecule has 25 heavy (non-hydrogen) atoms. The van der Waals surface area contributed by atoms with Gasteiger partial charge in [-0.05, 0) is 43.6 Å². The normalized spacial score (nSPS) is 23.3. The first-order chi connectivity index (χ1) is 12.3. The van der Waals surface area contributed by atoms with E-state index in [1.165, 1.54) is 6.42 Å². The minimum atomic E-state index is 0.267. The van der Waals surface area contributed by atoms with Gasteiger partial charge in [-0.15, -0.1) is 0 Å². The van der Waals surface area contributed by atoms with Crippen LogP contribution in [0.5, 0.6) is 0 Å². The maximum Gasteiger partial charge on any atom is 0.228 e. The lowest BCUT2D eigenvalue weighted by Gasteiger charge is -2.36. The molecule has 1 saturated heterocycles. The van der Waals surface area contributed by atoms with Gasteiger partial charge in [0, 0.05) is 50.3 Å². The Morgan fingerprint density at radius 2 is 2.24 bits per heavy atom. The summed E-state index contributed by atoms with van der Waals surface area (Å²) in [5.41, 5.74) is 1.13. The highest BCUT2D eigenvalue weighted by Gasteiger charge is 2.31. The topological polar surface area (TPSA) is 53.7 Å². The fraction of sp³-hybridized carbons (Fsp3) is 0.611. The van der Waals surface area contributed by atoms with Crippen LogP contribution in [0.2, 0.25) is 0 Å². The first-order valence-electron chi connectivity index (χ1n) is 9.26. The number of piperidine rings is 1. The third kappa shape index (κ3) is 3.76. The SMILES string of the molecule is O=C(CC1=CSC2=NCCCN12)N1CCCC[C@@H]1CCn1cccn1. The van der Waals surface area contributed by atoms with Gasteiger partial charge in [0.25, 0.3) is 0 Å². The summed E-state index contributed by atoms with van der Waals surface area (Å²) in [5.74, 6) is 0.267. The smallest absolute Gasteiger partial charge is 0.228 e. The largest absolute Gasteiger partial charge is 0.339 e. The van der Waals surface area contributed by atoms with E-state index in [-0.39, 0.29) is 5.91 Å². The Balaban J connectivity index is 1.37. The molecule has 4 rings (SSSR count). The molecule has 7 heteroatoms. The minimum absolute atomic E-state index is 0.267. The third-order valence-electron chi connectivity index (χ3n) is 5.20. The minimum Gasteiger partial charge on any atom is -0.339 e.